The Labute approximate surface area is 117 Å². The van der Waals surface area contributed by atoms with Crippen LogP contribution in [-0.2, 0) is 6.54 Å². The maximum absolute atomic E-state index is 10.9. The molecule has 6 nitrogen and oxygen atoms in total. The molecule has 1 N–H and O–H groups in total. The van der Waals surface area contributed by atoms with Gasteiger partial charge in [-0.2, -0.15) is 0 Å². The van der Waals surface area contributed by atoms with Crippen molar-refractivity contribution in [3.8, 4) is 11.5 Å². The third-order valence-corrected chi connectivity index (χ3v) is 3.66. The zero-order chi connectivity index (χ0) is 13.9. The largest absolute Gasteiger partial charge is 0.486 e. The number of piperazine rings is 1. The highest BCUT2D eigenvalue weighted by molar-refractivity contribution is 5.65. The second kappa shape index (κ2) is 5.58. The smallest absolute Gasteiger partial charge is 0.407 e. The lowest BCUT2D eigenvalue weighted by molar-refractivity contribution is 0.103. The maximum atomic E-state index is 10.9. The molecular formula is C14H18N2O4. The Kier molecular flexibility index (Phi) is 3.64. The molecule has 1 aromatic rings. The lowest BCUT2D eigenvalue weighted by Gasteiger charge is -2.33. The number of fused-ring (bicyclic) bond motifs is 1. The van der Waals surface area contributed by atoms with Crippen LogP contribution in [0.2, 0.25) is 0 Å². The molecule has 0 aliphatic carbocycles. The van der Waals surface area contributed by atoms with E-state index in [4.69, 9.17) is 14.6 Å². The summed E-state index contributed by atoms with van der Waals surface area (Å²) in [5.41, 5.74) is 1.16. The van der Waals surface area contributed by atoms with Crippen molar-refractivity contribution in [2.45, 2.75) is 6.54 Å². The molecule has 108 valence electrons. The van der Waals surface area contributed by atoms with E-state index in [1.165, 1.54) is 4.90 Å². The van der Waals surface area contributed by atoms with Crippen LogP contribution in [0.3, 0.4) is 0 Å². The minimum Gasteiger partial charge on any atom is -0.486 e. The summed E-state index contributed by atoms with van der Waals surface area (Å²) in [4.78, 5) is 14.6. The van der Waals surface area contributed by atoms with E-state index in [0.29, 0.717) is 26.3 Å². The summed E-state index contributed by atoms with van der Waals surface area (Å²) in [6.45, 7) is 4.67. The first-order chi connectivity index (χ1) is 9.72. The van der Waals surface area contributed by atoms with E-state index in [0.717, 1.165) is 36.7 Å². The van der Waals surface area contributed by atoms with E-state index in [-0.39, 0.29) is 0 Å². The zero-order valence-electron chi connectivity index (χ0n) is 11.2. The van der Waals surface area contributed by atoms with Gasteiger partial charge in [0.05, 0.1) is 0 Å². The van der Waals surface area contributed by atoms with Gasteiger partial charge in [0.2, 0.25) is 0 Å². The highest BCUT2D eigenvalue weighted by atomic mass is 16.6. The van der Waals surface area contributed by atoms with Crippen molar-refractivity contribution >= 4 is 6.09 Å². The Bertz CT molecular complexity index is 498. The minimum atomic E-state index is -0.830. The van der Waals surface area contributed by atoms with Crippen LogP contribution in [0.1, 0.15) is 5.56 Å². The maximum Gasteiger partial charge on any atom is 0.407 e. The molecule has 0 atom stereocenters. The average Bonchev–Trinajstić information content (AvgIpc) is 2.48. The Morgan fingerprint density at radius 1 is 1.10 bits per heavy atom. The van der Waals surface area contributed by atoms with Crippen LogP contribution in [0, 0.1) is 0 Å². The third-order valence-electron chi connectivity index (χ3n) is 3.66. The molecule has 1 aromatic carbocycles. The van der Waals surface area contributed by atoms with E-state index in [9.17, 15) is 4.79 Å². The lowest BCUT2D eigenvalue weighted by atomic mass is 10.1. The van der Waals surface area contributed by atoms with Crippen molar-refractivity contribution in [3.63, 3.8) is 0 Å². The van der Waals surface area contributed by atoms with E-state index < -0.39 is 6.09 Å². The molecule has 0 spiro atoms. The van der Waals surface area contributed by atoms with Gasteiger partial charge in [0.1, 0.15) is 13.2 Å². The van der Waals surface area contributed by atoms with Crippen LogP contribution < -0.4 is 9.47 Å². The molecule has 2 aliphatic rings. The van der Waals surface area contributed by atoms with Gasteiger partial charge in [-0.05, 0) is 17.7 Å². The molecule has 1 amide bonds. The van der Waals surface area contributed by atoms with E-state index in [1.54, 1.807) is 0 Å². The van der Waals surface area contributed by atoms with Gasteiger partial charge in [-0.25, -0.2) is 4.79 Å². The molecule has 0 unspecified atom stereocenters. The highest BCUT2D eigenvalue weighted by Gasteiger charge is 2.20. The van der Waals surface area contributed by atoms with Crippen LogP contribution in [-0.4, -0.2) is 60.4 Å². The molecule has 2 heterocycles. The van der Waals surface area contributed by atoms with Crippen LogP contribution >= 0.6 is 0 Å². The van der Waals surface area contributed by atoms with E-state index in [2.05, 4.69) is 4.90 Å². The zero-order valence-corrected chi connectivity index (χ0v) is 11.2. The van der Waals surface area contributed by atoms with Crippen LogP contribution in [0.4, 0.5) is 4.79 Å². The van der Waals surface area contributed by atoms with Crippen molar-refractivity contribution < 1.29 is 19.4 Å². The number of hydrogen-bond acceptors (Lipinski definition) is 4. The van der Waals surface area contributed by atoms with Gasteiger partial charge in [-0.15, -0.1) is 0 Å². The number of carbonyl (C=O) groups is 1. The number of nitrogens with zero attached hydrogens (tertiary/aromatic N) is 2. The summed E-state index contributed by atoms with van der Waals surface area (Å²) >= 11 is 0. The minimum absolute atomic E-state index is 0.569. The molecular weight excluding hydrogens is 260 g/mol. The van der Waals surface area contributed by atoms with E-state index in [1.807, 2.05) is 18.2 Å². The molecule has 6 heteroatoms. The summed E-state index contributed by atoms with van der Waals surface area (Å²) in [7, 11) is 0. The van der Waals surface area contributed by atoms with Gasteiger partial charge in [0.25, 0.3) is 0 Å². The summed E-state index contributed by atoms with van der Waals surface area (Å²) in [6.07, 6.45) is -0.830. The van der Waals surface area contributed by atoms with Crippen LogP contribution in [0.25, 0.3) is 0 Å². The second-order valence-electron chi connectivity index (χ2n) is 5.02. The Balaban J connectivity index is 1.60. The molecule has 1 saturated heterocycles. The highest BCUT2D eigenvalue weighted by Crippen LogP contribution is 2.31. The molecule has 2 aliphatic heterocycles. The summed E-state index contributed by atoms with van der Waals surface area (Å²) < 4.78 is 11.1. The molecule has 1 fully saturated rings. The van der Waals surface area contributed by atoms with Crippen molar-refractivity contribution in [3.05, 3.63) is 23.8 Å². The summed E-state index contributed by atoms with van der Waals surface area (Å²) in [6, 6.07) is 5.99. The standard InChI is InChI=1S/C14H18N2O4/c17-14(18)16-5-3-15(4-6-16)10-11-1-2-12-13(9-11)20-8-7-19-12/h1-2,9H,3-8,10H2,(H,17,18). The molecule has 0 saturated carbocycles. The van der Waals surface area contributed by atoms with Gasteiger partial charge in [-0.3, -0.25) is 4.90 Å². The van der Waals surface area contributed by atoms with Gasteiger partial charge >= 0.3 is 6.09 Å². The first-order valence-corrected chi connectivity index (χ1v) is 6.81. The fourth-order valence-electron chi connectivity index (χ4n) is 2.54. The Morgan fingerprint density at radius 3 is 2.50 bits per heavy atom. The predicted octanol–water partition coefficient (Wildman–Crippen LogP) is 1.25. The molecule has 20 heavy (non-hydrogen) atoms. The number of benzene rings is 1. The fraction of sp³-hybridized carbons (Fsp3) is 0.500. The average molecular weight is 278 g/mol. The fourth-order valence-corrected chi connectivity index (χ4v) is 2.54. The molecule has 3 rings (SSSR count). The number of hydrogen-bond donors (Lipinski definition) is 1. The predicted molar refractivity (Wildman–Crippen MR) is 72.3 cm³/mol. The first-order valence-electron chi connectivity index (χ1n) is 6.81. The third kappa shape index (κ3) is 2.80. The van der Waals surface area contributed by atoms with Crippen LogP contribution in [0.5, 0.6) is 11.5 Å². The summed E-state index contributed by atoms with van der Waals surface area (Å²) in [5, 5.41) is 8.92. The van der Waals surface area contributed by atoms with Gasteiger partial charge < -0.3 is 19.5 Å². The van der Waals surface area contributed by atoms with Gasteiger partial charge in [0, 0.05) is 32.7 Å². The normalized spacial score (nSPS) is 18.9. The second-order valence-corrected chi connectivity index (χ2v) is 5.02. The number of rotatable bonds is 2. The summed E-state index contributed by atoms with van der Waals surface area (Å²) in [5.74, 6) is 1.61. The number of ether oxygens (including phenoxy) is 2. The molecule has 0 radical (unpaired) electrons. The first kappa shape index (κ1) is 13.1. The molecule has 0 aromatic heterocycles. The quantitative estimate of drug-likeness (QED) is 0.882. The topological polar surface area (TPSA) is 62.2 Å². The Hall–Kier alpha value is -1.95. The Morgan fingerprint density at radius 2 is 1.80 bits per heavy atom. The van der Waals surface area contributed by atoms with Gasteiger partial charge in [-0.1, -0.05) is 6.07 Å². The lowest BCUT2D eigenvalue weighted by Crippen LogP contribution is -2.47. The number of amides is 1. The monoisotopic (exact) mass is 278 g/mol. The number of carboxylic acid groups (broad SMARTS) is 1. The van der Waals surface area contributed by atoms with Crippen molar-refractivity contribution in [1.29, 1.82) is 0 Å². The van der Waals surface area contributed by atoms with Gasteiger partial charge in [0.15, 0.2) is 11.5 Å². The van der Waals surface area contributed by atoms with Crippen molar-refractivity contribution in [2.75, 3.05) is 39.4 Å². The molecule has 0 bridgehead atoms. The van der Waals surface area contributed by atoms with E-state index >= 15 is 0 Å². The van der Waals surface area contributed by atoms with Crippen LogP contribution in [0.15, 0.2) is 18.2 Å². The van der Waals surface area contributed by atoms with Crippen molar-refractivity contribution in [1.82, 2.24) is 9.80 Å². The van der Waals surface area contributed by atoms with Crippen molar-refractivity contribution in [2.24, 2.45) is 0 Å². The SMILES string of the molecule is O=C(O)N1CCN(Cc2ccc3c(c2)OCCO3)CC1.